The minimum atomic E-state index is -0.609. The van der Waals surface area contributed by atoms with E-state index in [9.17, 15) is 4.79 Å². The van der Waals surface area contributed by atoms with Crippen LogP contribution in [0.2, 0.25) is 0 Å². The molecule has 0 unspecified atom stereocenters. The number of pyridine rings is 1. The van der Waals surface area contributed by atoms with Gasteiger partial charge in [-0.3, -0.25) is 9.63 Å². The molecule has 34 heavy (non-hydrogen) atoms. The summed E-state index contributed by atoms with van der Waals surface area (Å²) in [6.45, 7) is 3.47. The number of carbonyl (C=O) groups is 1. The lowest BCUT2D eigenvalue weighted by Gasteiger charge is -2.37. The van der Waals surface area contributed by atoms with Gasteiger partial charge in [0.15, 0.2) is 5.65 Å². The summed E-state index contributed by atoms with van der Waals surface area (Å²) in [6, 6.07) is 5.63. The number of piperidine rings is 1. The molecule has 0 aromatic carbocycles. The van der Waals surface area contributed by atoms with Gasteiger partial charge in [-0.2, -0.15) is 9.61 Å². The smallest absolute Gasteiger partial charge is 0.322 e. The zero-order valence-corrected chi connectivity index (χ0v) is 21.1. The number of nitrogens with two attached hydrogens (primary N) is 1. The predicted octanol–water partition coefficient (Wildman–Crippen LogP) is 2.09. The second kappa shape index (κ2) is 11.0. The van der Waals surface area contributed by atoms with E-state index in [1.165, 1.54) is 0 Å². The van der Waals surface area contributed by atoms with Crippen LogP contribution in [0, 0.1) is 0 Å². The summed E-state index contributed by atoms with van der Waals surface area (Å²) in [7, 11) is 1.63. The van der Waals surface area contributed by atoms with Crippen molar-refractivity contribution in [2.45, 2.75) is 51.2 Å². The van der Waals surface area contributed by atoms with E-state index >= 15 is 0 Å². The zero-order valence-electron chi connectivity index (χ0n) is 19.5. The highest BCUT2D eigenvalue weighted by atomic mass is 79.9. The molecular formula is C23H31BrN7O3+. The molecule has 1 aliphatic heterocycles. The highest BCUT2D eigenvalue weighted by molar-refractivity contribution is 9.10. The lowest BCUT2D eigenvalue weighted by Crippen LogP contribution is -2.41. The zero-order chi connectivity index (χ0) is 24.1. The molecule has 182 valence electrons. The minimum absolute atomic E-state index is 0.230. The molecule has 1 fully saturated rings. The van der Waals surface area contributed by atoms with Crippen LogP contribution in [0.15, 0.2) is 41.3 Å². The van der Waals surface area contributed by atoms with Gasteiger partial charge in [0.25, 0.3) is 0 Å². The third-order valence-corrected chi connectivity index (χ3v) is 6.48. The molecule has 0 amide bonds. The second-order valence-electron chi connectivity index (χ2n) is 8.42. The van der Waals surface area contributed by atoms with Crippen molar-refractivity contribution in [2.24, 2.45) is 5.73 Å². The van der Waals surface area contributed by atoms with Crippen LogP contribution in [0.1, 0.15) is 38.2 Å². The third kappa shape index (κ3) is 5.58. The first-order valence-electron chi connectivity index (χ1n) is 11.5. The largest absolute Gasteiger partial charge is 0.464 e. The first kappa shape index (κ1) is 24.2. The van der Waals surface area contributed by atoms with Gasteiger partial charge in [-0.15, -0.1) is 0 Å². The van der Waals surface area contributed by atoms with Gasteiger partial charge in [-0.1, -0.05) is 0 Å². The van der Waals surface area contributed by atoms with Gasteiger partial charge >= 0.3 is 5.97 Å². The summed E-state index contributed by atoms with van der Waals surface area (Å²) in [4.78, 5) is 24.2. The molecule has 2 atom stereocenters. The number of carbonyl (C=O) groups excluding carboxylic acids is 1. The molecule has 4 rings (SSSR count). The third-order valence-electron chi connectivity index (χ3n) is 5.92. The normalized spacial score (nSPS) is 16.9. The average molecular weight is 533 g/mol. The lowest BCUT2D eigenvalue weighted by atomic mass is 9.99. The van der Waals surface area contributed by atoms with Crippen LogP contribution in [0.3, 0.4) is 0 Å². The SMILES string of the molecule is CO[n+]1cccc(CNc2cc(N3CCCC[C@H]3CCOC(=O)[C@H](C)N)nc3c(Br)cnn23)c1. The Balaban J connectivity index is 1.56. The molecular weight excluding hydrogens is 502 g/mol. The Morgan fingerprint density at radius 1 is 1.44 bits per heavy atom. The topological polar surface area (TPSA) is 111 Å². The van der Waals surface area contributed by atoms with Gasteiger partial charge in [-0.05, 0) is 48.2 Å². The van der Waals surface area contributed by atoms with Crippen LogP contribution >= 0.6 is 15.9 Å². The van der Waals surface area contributed by atoms with Crippen LogP contribution in [0.25, 0.3) is 5.65 Å². The number of ether oxygens (including phenoxy) is 1. The average Bonchev–Trinajstić information content (AvgIpc) is 3.23. The van der Waals surface area contributed by atoms with Crippen molar-refractivity contribution in [2.75, 3.05) is 30.5 Å². The van der Waals surface area contributed by atoms with Crippen molar-refractivity contribution in [1.29, 1.82) is 0 Å². The van der Waals surface area contributed by atoms with Crippen LogP contribution in [0.4, 0.5) is 11.6 Å². The van der Waals surface area contributed by atoms with Crippen molar-refractivity contribution in [1.82, 2.24) is 14.6 Å². The second-order valence-corrected chi connectivity index (χ2v) is 9.28. The molecule has 0 aliphatic carbocycles. The number of hydrogen-bond donors (Lipinski definition) is 2. The van der Waals surface area contributed by atoms with Gasteiger partial charge in [0.2, 0.25) is 12.4 Å². The Labute approximate surface area is 207 Å². The van der Waals surface area contributed by atoms with Crippen molar-refractivity contribution in [3.05, 3.63) is 46.8 Å². The maximum Gasteiger partial charge on any atom is 0.322 e. The number of halogens is 1. The van der Waals surface area contributed by atoms with Crippen LogP contribution in [0.5, 0.6) is 0 Å². The van der Waals surface area contributed by atoms with E-state index in [0.29, 0.717) is 13.2 Å². The van der Waals surface area contributed by atoms with Crippen molar-refractivity contribution < 1.29 is 19.1 Å². The molecule has 1 aliphatic rings. The van der Waals surface area contributed by atoms with E-state index in [0.717, 1.165) is 59.5 Å². The Hall–Kier alpha value is -2.92. The summed E-state index contributed by atoms with van der Waals surface area (Å²) < 4.78 is 9.62. The molecule has 4 heterocycles. The Morgan fingerprint density at radius 3 is 3.09 bits per heavy atom. The monoisotopic (exact) mass is 532 g/mol. The molecule has 10 nitrogen and oxygen atoms in total. The number of anilines is 2. The van der Waals surface area contributed by atoms with Gasteiger partial charge in [0.1, 0.15) is 24.8 Å². The van der Waals surface area contributed by atoms with E-state index in [4.69, 9.17) is 20.3 Å². The summed E-state index contributed by atoms with van der Waals surface area (Å²) in [5.41, 5.74) is 7.42. The Morgan fingerprint density at radius 2 is 2.29 bits per heavy atom. The summed E-state index contributed by atoms with van der Waals surface area (Å²) in [5.74, 6) is 1.35. The van der Waals surface area contributed by atoms with Crippen LogP contribution in [-0.4, -0.2) is 52.9 Å². The fraction of sp³-hybridized carbons (Fsp3) is 0.478. The van der Waals surface area contributed by atoms with Gasteiger partial charge in [-0.25, -0.2) is 4.98 Å². The number of nitrogens with zero attached hydrogens (tertiary/aromatic N) is 5. The van der Waals surface area contributed by atoms with Crippen LogP contribution < -0.4 is 25.5 Å². The molecule has 0 bridgehead atoms. The molecule has 11 heteroatoms. The number of hydrogen-bond acceptors (Lipinski definition) is 8. The van der Waals surface area contributed by atoms with E-state index in [2.05, 4.69) is 31.2 Å². The maximum absolute atomic E-state index is 11.8. The number of esters is 1. The molecule has 3 aromatic rings. The highest BCUT2D eigenvalue weighted by Gasteiger charge is 2.26. The Bertz CT molecular complexity index is 1140. The summed E-state index contributed by atoms with van der Waals surface area (Å²) in [6.07, 6.45) is 9.50. The maximum atomic E-state index is 11.8. The van der Waals surface area contributed by atoms with Crippen LogP contribution in [-0.2, 0) is 16.1 Å². The molecule has 3 aromatic heterocycles. The predicted molar refractivity (Wildman–Crippen MR) is 131 cm³/mol. The summed E-state index contributed by atoms with van der Waals surface area (Å²) in [5, 5.41) is 7.98. The number of nitrogens with one attached hydrogen (secondary N) is 1. The first-order valence-corrected chi connectivity index (χ1v) is 12.3. The van der Waals surface area contributed by atoms with Gasteiger partial charge in [0.05, 0.1) is 17.3 Å². The Kier molecular flexibility index (Phi) is 7.84. The van der Waals surface area contributed by atoms with Gasteiger partial charge in [0, 0.05) is 48.0 Å². The number of fused-ring (bicyclic) bond motifs is 1. The number of aromatic nitrogens is 4. The minimum Gasteiger partial charge on any atom is -0.464 e. The van der Waals surface area contributed by atoms with E-state index in [-0.39, 0.29) is 12.0 Å². The standard InChI is InChI=1S/C23H31BrN7O3/c1-16(25)23(32)34-11-8-18-7-3-4-10-30(18)21-12-20(31-22(28-21)19(24)14-27-31)26-13-17-6-5-9-29(15-17)33-2/h5-6,9,12,14-16,18,26H,3-4,7-8,10-11,13,25H2,1-2H3/q+1/t16-,18-/m0/s1. The molecule has 3 N–H and O–H groups in total. The molecule has 0 spiro atoms. The van der Waals surface area contributed by atoms with Gasteiger partial charge < -0.3 is 20.7 Å². The van der Waals surface area contributed by atoms with Crippen molar-refractivity contribution in [3.8, 4) is 0 Å². The van der Waals surface area contributed by atoms with E-state index in [1.807, 2.05) is 30.6 Å². The number of rotatable bonds is 9. The summed E-state index contributed by atoms with van der Waals surface area (Å²) >= 11 is 3.58. The molecule has 0 radical (unpaired) electrons. The molecule has 0 saturated carbocycles. The molecule has 1 saturated heterocycles. The highest BCUT2D eigenvalue weighted by Crippen LogP contribution is 2.30. The van der Waals surface area contributed by atoms with E-state index < -0.39 is 6.04 Å². The fourth-order valence-corrected chi connectivity index (χ4v) is 4.49. The lowest BCUT2D eigenvalue weighted by molar-refractivity contribution is -0.885. The van der Waals surface area contributed by atoms with E-state index in [1.54, 1.807) is 29.5 Å². The fourth-order valence-electron chi connectivity index (χ4n) is 4.14. The van der Waals surface area contributed by atoms with Crippen molar-refractivity contribution >= 4 is 39.2 Å². The first-order chi connectivity index (χ1) is 16.5. The van der Waals surface area contributed by atoms with Crippen molar-refractivity contribution in [3.63, 3.8) is 0 Å². The quantitative estimate of drug-likeness (QED) is 0.318.